The molecule has 2 amide bonds. The van der Waals surface area contributed by atoms with Crippen molar-refractivity contribution in [2.75, 3.05) is 4.90 Å². The number of amides is 2. The van der Waals surface area contributed by atoms with Crippen LogP contribution in [0.25, 0.3) is 11.1 Å². The molecule has 3 heteroatoms. The van der Waals surface area contributed by atoms with Crippen molar-refractivity contribution in [2.24, 2.45) is 0 Å². The molecule has 1 heterocycles. The molecule has 3 aromatic carbocycles. The fraction of sp³-hybridized carbons (Fsp3) is 0.0476. The van der Waals surface area contributed by atoms with Crippen LogP contribution in [0.3, 0.4) is 0 Å². The SMILES string of the molecule is Cc1ccc(-c2ccccc2N2C(=O)c3ccccc3C2=O)cc1. The first-order chi connectivity index (χ1) is 11.7. The topological polar surface area (TPSA) is 37.4 Å². The van der Waals surface area contributed by atoms with Crippen LogP contribution in [0.1, 0.15) is 26.3 Å². The molecule has 1 aliphatic heterocycles. The van der Waals surface area contributed by atoms with Crippen molar-refractivity contribution in [1.82, 2.24) is 0 Å². The summed E-state index contributed by atoms with van der Waals surface area (Å²) in [6.07, 6.45) is 0. The number of anilines is 1. The summed E-state index contributed by atoms with van der Waals surface area (Å²) in [6.45, 7) is 2.03. The third kappa shape index (κ3) is 2.14. The number of hydrogen-bond acceptors (Lipinski definition) is 2. The zero-order valence-electron chi connectivity index (χ0n) is 13.2. The van der Waals surface area contributed by atoms with Gasteiger partial charge in [-0.3, -0.25) is 9.59 Å². The Morgan fingerprint density at radius 1 is 0.625 bits per heavy atom. The van der Waals surface area contributed by atoms with Gasteiger partial charge in [-0.25, -0.2) is 4.90 Å². The molecule has 24 heavy (non-hydrogen) atoms. The summed E-state index contributed by atoms with van der Waals surface area (Å²) in [5, 5.41) is 0. The monoisotopic (exact) mass is 313 g/mol. The first kappa shape index (κ1) is 14.4. The third-order valence-corrected chi connectivity index (χ3v) is 4.30. The van der Waals surface area contributed by atoms with Crippen LogP contribution in [0, 0.1) is 6.92 Å². The molecule has 0 radical (unpaired) electrons. The average Bonchev–Trinajstić information content (AvgIpc) is 2.87. The second-order valence-electron chi connectivity index (χ2n) is 5.87. The molecular formula is C21H15NO2. The molecule has 0 atom stereocenters. The molecule has 0 fully saturated rings. The van der Waals surface area contributed by atoms with Crippen LogP contribution in [-0.4, -0.2) is 11.8 Å². The number of nitrogens with zero attached hydrogens (tertiary/aromatic N) is 1. The van der Waals surface area contributed by atoms with E-state index in [1.165, 1.54) is 4.90 Å². The second-order valence-corrected chi connectivity index (χ2v) is 5.87. The lowest BCUT2D eigenvalue weighted by Crippen LogP contribution is -2.29. The van der Waals surface area contributed by atoms with Crippen LogP contribution in [0.15, 0.2) is 72.8 Å². The molecule has 0 unspecified atom stereocenters. The molecule has 0 aromatic heterocycles. The number of hydrogen-bond donors (Lipinski definition) is 0. The van der Waals surface area contributed by atoms with Gasteiger partial charge in [-0.15, -0.1) is 0 Å². The van der Waals surface area contributed by atoms with E-state index in [4.69, 9.17) is 0 Å². The Morgan fingerprint density at radius 2 is 1.12 bits per heavy atom. The summed E-state index contributed by atoms with van der Waals surface area (Å²) in [6, 6.07) is 22.5. The van der Waals surface area contributed by atoms with Gasteiger partial charge in [0.2, 0.25) is 0 Å². The fourth-order valence-electron chi connectivity index (χ4n) is 3.05. The number of para-hydroxylation sites is 1. The minimum atomic E-state index is -0.268. The maximum absolute atomic E-state index is 12.8. The highest BCUT2D eigenvalue weighted by atomic mass is 16.2. The van der Waals surface area contributed by atoms with Gasteiger partial charge in [0.25, 0.3) is 11.8 Å². The van der Waals surface area contributed by atoms with E-state index in [1.807, 2.05) is 55.5 Å². The molecule has 0 spiro atoms. The Balaban J connectivity index is 1.86. The Kier molecular flexibility index (Phi) is 3.28. The van der Waals surface area contributed by atoms with Crippen molar-refractivity contribution in [2.45, 2.75) is 6.92 Å². The van der Waals surface area contributed by atoms with Crippen molar-refractivity contribution in [3.8, 4) is 11.1 Å². The lowest BCUT2D eigenvalue weighted by atomic mass is 10.0. The van der Waals surface area contributed by atoms with Crippen molar-refractivity contribution in [3.63, 3.8) is 0 Å². The predicted octanol–water partition coefficient (Wildman–Crippen LogP) is 4.46. The summed E-state index contributed by atoms with van der Waals surface area (Å²) in [7, 11) is 0. The van der Waals surface area contributed by atoms with Crippen molar-refractivity contribution in [3.05, 3.63) is 89.5 Å². The zero-order chi connectivity index (χ0) is 16.7. The normalized spacial score (nSPS) is 13.3. The minimum absolute atomic E-state index is 0.268. The summed E-state index contributed by atoms with van der Waals surface area (Å²) in [4.78, 5) is 26.8. The average molecular weight is 313 g/mol. The van der Waals surface area contributed by atoms with E-state index in [1.54, 1.807) is 24.3 Å². The first-order valence-corrected chi connectivity index (χ1v) is 7.81. The van der Waals surface area contributed by atoms with Crippen LogP contribution in [0.2, 0.25) is 0 Å². The predicted molar refractivity (Wildman–Crippen MR) is 94.2 cm³/mol. The number of carbonyl (C=O) groups is 2. The van der Waals surface area contributed by atoms with E-state index in [0.717, 1.165) is 16.7 Å². The molecule has 3 aromatic rings. The second kappa shape index (κ2) is 5.46. The van der Waals surface area contributed by atoms with Gasteiger partial charge in [-0.2, -0.15) is 0 Å². The molecule has 0 aliphatic carbocycles. The van der Waals surface area contributed by atoms with E-state index in [-0.39, 0.29) is 11.8 Å². The smallest absolute Gasteiger partial charge is 0.266 e. The van der Waals surface area contributed by atoms with Crippen LogP contribution in [-0.2, 0) is 0 Å². The van der Waals surface area contributed by atoms with Crippen molar-refractivity contribution >= 4 is 17.5 Å². The summed E-state index contributed by atoms with van der Waals surface area (Å²) in [5.74, 6) is -0.537. The molecule has 0 saturated heterocycles. The Morgan fingerprint density at radius 3 is 1.71 bits per heavy atom. The van der Waals surface area contributed by atoms with Gasteiger partial charge in [0.05, 0.1) is 16.8 Å². The number of carbonyl (C=O) groups excluding carboxylic acids is 2. The summed E-state index contributed by atoms with van der Waals surface area (Å²) in [5.41, 5.74) is 4.55. The molecule has 0 bridgehead atoms. The molecule has 4 rings (SSSR count). The molecule has 116 valence electrons. The van der Waals surface area contributed by atoms with E-state index in [2.05, 4.69) is 0 Å². The van der Waals surface area contributed by atoms with Crippen LogP contribution in [0.5, 0.6) is 0 Å². The molecular weight excluding hydrogens is 298 g/mol. The molecule has 1 aliphatic rings. The molecule has 0 N–H and O–H groups in total. The van der Waals surface area contributed by atoms with E-state index >= 15 is 0 Å². The highest BCUT2D eigenvalue weighted by molar-refractivity contribution is 6.35. The van der Waals surface area contributed by atoms with Gasteiger partial charge >= 0.3 is 0 Å². The largest absolute Gasteiger partial charge is 0.268 e. The third-order valence-electron chi connectivity index (χ3n) is 4.30. The molecule has 3 nitrogen and oxygen atoms in total. The van der Waals surface area contributed by atoms with Crippen LogP contribution >= 0.6 is 0 Å². The van der Waals surface area contributed by atoms with Gasteiger partial charge < -0.3 is 0 Å². The van der Waals surface area contributed by atoms with Crippen LogP contribution < -0.4 is 4.90 Å². The van der Waals surface area contributed by atoms with Gasteiger partial charge in [0, 0.05) is 5.56 Å². The zero-order valence-corrected chi connectivity index (χ0v) is 13.2. The van der Waals surface area contributed by atoms with Gasteiger partial charge in [-0.05, 0) is 30.7 Å². The van der Waals surface area contributed by atoms with Crippen LogP contribution in [0.4, 0.5) is 5.69 Å². The first-order valence-electron chi connectivity index (χ1n) is 7.81. The van der Waals surface area contributed by atoms with Crippen molar-refractivity contribution < 1.29 is 9.59 Å². The fourth-order valence-corrected chi connectivity index (χ4v) is 3.05. The highest BCUT2D eigenvalue weighted by Crippen LogP contribution is 2.35. The highest BCUT2D eigenvalue weighted by Gasteiger charge is 2.37. The van der Waals surface area contributed by atoms with E-state index in [0.29, 0.717) is 16.8 Å². The molecule has 0 saturated carbocycles. The lowest BCUT2D eigenvalue weighted by Gasteiger charge is -2.18. The maximum Gasteiger partial charge on any atom is 0.266 e. The van der Waals surface area contributed by atoms with Gasteiger partial charge in [0.15, 0.2) is 0 Å². The number of aryl methyl sites for hydroxylation is 1. The van der Waals surface area contributed by atoms with Gasteiger partial charge in [-0.1, -0.05) is 60.2 Å². The Hall–Kier alpha value is -3.20. The number of rotatable bonds is 2. The number of imide groups is 1. The lowest BCUT2D eigenvalue weighted by molar-refractivity contribution is 0.0926. The number of benzene rings is 3. The number of fused-ring (bicyclic) bond motifs is 1. The Bertz CT molecular complexity index is 923. The Labute approximate surface area is 140 Å². The van der Waals surface area contributed by atoms with E-state index in [9.17, 15) is 9.59 Å². The quantitative estimate of drug-likeness (QED) is 0.655. The minimum Gasteiger partial charge on any atom is -0.268 e. The summed E-state index contributed by atoms with van der Waals surface area (Å²) >= 11 is 0. The van der Waals surface area contributed by atoms with E-state index < -0.39 is 0 Å². The van der Waals surface area contributed by atoms with Gasteiger partial charge in [0.1, 0.15) is 0 Å². The van der Waals surface area contributed by atoms with Crippen molar-refractivity contribution in [1.29, 1.82) is 0 Å². The summed E-state index contributed by atoms with van der Waals surface area (Å²) < 4.78 is 0. The standard InChI is InChI=1S/C21H15NO2/c1-14-10-12-15(13-11-14)16-6-4-5-9-19(16)22-20(23)17-7-2-3-8-18(17)21(22)24/h2-13H,1H3. The maximum atomic E-state index is 12.8.